The summed E-state index contributed by atoms with van der Waals surface area (Å²) in [6.45, 7) is 4.26. The van der Waals surface area contributed by atoms with Gasteiger partial charge in [-0.05, 0) is 30.7 Å². The summed E-state index contributed by atoms with van der Waals surface area (Å²) < 4.78 is 5.24. The molecular weight excluding hydrogens is 212 g/mol. The normalized spacial score (nSPS) is 18.5. The van der Waals surface area contributed by atoms with Crippen LogP contribution in [0.2, 0.25) is 0 Å². The predicted molar refractivity (Wildman–Crippen MR) is 67.6 cm³/mol. The van der Waals surface area contributed by atoms with Crippen molar-refractivity contribution in [2.45, 2.75) is 33.1 Å². The molecule has 0 heterocycles. The molecule has 0 spiro atoms. The first-order chi connectivity index (χ1) is 8.10. The Hall–Kier alpha value is -1.31. The summed E-state index contributed by atoms with van der Waals surface area (Å²) in [6.07, 6.45) is 3.53. The van der Waals surface area contributed by atoms with Crippen LogP contribution < -0.4 is 0 Å². The van der Waals surface area contributed by atoms with Crippen molar-refractivity contribution < 1.29 is 9.53 Å². The van der Waals surface area contributed by atoms with Gasteiger partial charge in [0.2, 0.25) is 0 Å². The van der Waals surface area contributed by atoms with Crippen LogP contribution in [0.15, 0.2) is 30.3 Å². The summed E-state index contributed by atoms with van der Waals surface area (Å²) in [5, 5.41) is 0. The van der Waals surface area contributed by atoms with Gasteiger partial charge in [-0.2, -0.15) is 0 Å². The molecule has 0 N–H and O–H groups in total. The van der Waals surface area contributed by atoms with Crippen LogP contribution in [0, 0.1) is 11.3 Å². The van der Waals surface area contributed by atoms with Crippen molar-refractivity contribution in [3.05, 3.63) is 35.9 Å². The van der Waals surface area contributed by atoms with Gasteiger partial charge < -0.3 is 4.74 Å². The SMILES string of the molecule is CC(=O)OCC(C)(Cc1ccccc1)C1CC1. The first-order valence-corrected chi connectivity index (χ1v) is 6.27. The molecule has 2 nitrogen and oxygen atoms in total. The molecule has 92 valence electrons. The van der Waals surface area contributed by atoms with E-state index >= 15 is 0 Å². The van der Waals surface area contributed by atoms with E-state index in [0.29, 0.717) is 12.5 Å². The van der Waals surface area contributed by atoms with E-state index in [1.807, 2.05) is 6.07 Å². The molecule has 0 bridgehead atoms. The van der Waals surface area contributed by atoms with E-state index < -0.39 is 0 Å². The highest BCUT2D eigenvalue weighted by atomic mass is 16.5. The lowest BCUT2D eigenvalue weighted by atomic mass is 9.80. The maximum absolute atomic E-state index is 11.0. The first kappa shape index (κ1) is 12.2. The fourth-order valence-electron chi connectivity index (χ4n) is 2.42. The lowest BCUT2D eigenvalue weighted by molar-refractivity contribution is -0.144. The summed E-state index contributed by atoms with van der Waals surface area (Å²) in [6, 6.07) is 10.5. The number of benzene rings is 1. The average Bonchev–Trinajstić information content (AvgIpc) is 3.12. The van der Waals surface area contributed by atoms with Gasteiger partial charge in [-0.25, -0.2) is 0 Å². The van der Waals surface area contributed by atoms with Crippen LogP contribution in [0.4, 0.5) is 0 Å². The summed E-state index contributed by atoms with van der Waals surface area (Å²) in [4.78, 5) is 11.0. The lowest BCUT2D eigenvalue weighted by Gasteiger charge is -2.29. The Morgan fingerprint density at radius 3 is 2.53 bits per heavy atom. The van der Waals surface area contributed by atoms with E-state index in [9.17, 15) is 4.79 Å². The van der Waals surface area contributed by atoms with Crippen molar-refractivity contribution in [1.29, 1.82) is 0 Å². The molecule has 1 unspecified atom stereocenters. The third-order valence-electron chi connectivity index (χ3n) is 3.62. The van der Waals surface area contributed by atoms with E-state index in [2.05, 4.69) is 31.2 Å². The number of esters is 1. The maximum atomic E-state index is 11.0. The molecule has 1 aromatic rings. The Kier molecular flexibility index (Phi) is 3.51. The highest BCUT2D eigenvalue weighted by Gasteiger charge is 2.42. The Morgan fingerprint density at radius 1 is 1.35 bits per heavy atom. The van der Waals surface area contributed by atoms with Gasteiger partial charge in [-0.3, -0.25) is 4.79 Å². The van der Waals surface area contributed by atoms with Gasteiger partial charge in [0.15, 0.2) is 0 Å². The van der Waals surface area contributed by atoms with E-state index in [1.54, 1.807) is 0 Å². The fraction of sp³-hybridized carbons (Fsp3) is 0.533. The minimum atomic E-state index is -0.176. The fourth-order valence-corrected chi connectivity index (χ4v) is 2.42. The van der Waals surface area contributed by atoms with E-state index in [1.165, 1.54) is 25.3 Å². The van der Waals surface area contributed by atoms with E-state index in [4.69, 9.17) is 4.74 Å². The lowest BCUT2D eigenvalue weighted by Crippen LogP contribution is -2.29. The Morgan fingerprint density at radius 2 is 2.00 bits per heavy atom. The van der Waals surface area contributed by atoms with Crippen LogP contribution in [0.5, 0.6) is 0 Å². The number of ether oxygens (including phenoxy) is 1. The second-order valence-corrected chi connectivity index (χ2v) is 5.37. The molecule has 1 atom stereocenters. The van der Waals surface area contributed by atoms with Crippen molar-refractivity contribution in [2.24, 2.45) is 11.3 Å². The first-order valence-electron chi connectivity index (χ1n) is 6.27. The van der Waals surface area contributed by atoms with Crippen LogP contribution in [0.3, 0.4) is 0 Å². The van der Waals surface area contributed by atoms with Gasteiger partial charge in [-0.15, -0.1) is 0 Å². The average molecular weight is 232 g/mol. The molecule has 1 aromatic carbocycles. The molecule has 1 saturated carbocycles. The van der Waals surface area contributed by atoms with Crippen LogP contribution >= 0.6 is 0 Å². The predicted octanol–water partition coefficient (Wildman–Crippen LogP) is 3.21. The van der Waals surface area contributed by atoms with Gasteiger partial charge in [-0.1, -0.05) is 37.3 Å². The monoisotopic (exact) mass is 232 g/mol. The van der Waals surface area contributed by atoms with Gasteiger partial charge >= 0.3 is 5.97 Å². The number of hydrogen-bond acceptors (Lipinski definition) is 2. The Bertz CT molecular complexity index is 381. The van der Waals surface area contributed by atoms with Crippen molar-refractivity contribution in [2.75, 3.05) is 6.61 Å². The van der Waals surface area contributed by atoms with Crippen LogP contribution in [0.25, 0.3) is 0 Å². The van der Waals surface area contributed by atoms with Crippen molar-refractivity contribution >= 4 is 5.97 Å². The van der Waals surface area contributed by atoms with Crippen molar-refractivity contribution in [1.82, 2.24) is 0 Å². The molecule has 2 heteroatoms. The Balaban J connectivity index is 2.03. The van der Waals surface area contributed by atoms with Crippen LogP contribution in [-0.2, 0) is 16.0 Å². The summed E-state index contributed by atoms with van der Waals surface area (Å²) in [5.74, 6) is 0.534. The number of rotatable bonds is 5. The zero-order valence-corrected chi connectivity index (χ0v) is 10.6. The molecule has 0 saturated heterocycles. The van der Waals surface area contributed by atoms with Crippen molar-refractivity contribution in [3.63, 3.8) is 0 Å². The second-order valence-electron chi connectivity index (χ2n) is 5.37. The molecule has 1 aliphatic rings. The van der Waals surface area contributed by atoms with Gasteiger partial charge in [0.25, 0.3) is 0 Å². The number of carbonyl (C=O) groups excluding carboxylic acids is 1. The smallest absolute Gasteiger partial charge is 0.302 e. The molecule has 1 fully saturated rings. The largest absolute Gasteiger partial charge is 0.465 e. The summed E-state index contributed by atoms with van der Waals surface area (Å²) in [7, 11) is 0. The summed E-state index contributed by atoms with van der Waals surface area (Å²) >= 11 is 0. The quantitative estimate of drug-likeness (QED) is 0.729. The standard InChI is InChI=1S/C15H20O2/c1-12(16)17-11-15(2,14-8-9-14)10-13-6-4-3-5-7-13/h3-7,14H,8-11H2,1-2H3. The molecule has 0 aromatic heterocycles. The number of carbonyl (C=O) groups is 1. The molecule has 0 aliphatic heterocycles. The molecule has 0 amide bonds. The zero-order chi connectivity index (χ0) is 12.3. The summed E-state index contributed by atoms with van der Waals surface area (Å²) in [5.41, 5.74) is 1.43. The second kappa shape index (κ2) is 4.91. The minimum Gasteiger partial charge on any atom is -0.465 e. The molecule has 1 aliphatic carbocycles. The highest BCUT2D eigenvalue weighted by Crippen LogP contribution is 2.47. The van der Waals surface area contributed by atoms with Crippen molar-refractivity contribution in [3.8, 4) is 0 Å². The van der Waals surface area contributed by atoms with Gasteiger partial charge in [0.05, 0.1) is 6.61 Å². The minimum absolute atomic E-state index is 0.104. The molecular formula is C15H20O2. The number of hydrogen-bond donors (Lipinski definition) is 0. The van der Waals surface area contributed by atoms with Crippen LogP contribution in [0.1, 0.15) is 32.3 Å². The highest BCUT2D eigenvalue weighted by molar-refractivity contribution is 5.65. The topological polar surface area (TPSA) is 26.3 Å². The van der Waals surface area contributed by atoms with E-state index in [-0.39, 0.29) is 11.4 Å². The zero-order valence-electron chi connectivity index (χ0n) is 10.6. The third-order valence-corrected chi connectivity index (χ3v) is 3.62. The van der Waals surface area contributed by atoms with Gasteiger partial charge in [0, 0.05) is 12.3 Å². The molecule has 0 radical (unpaired) electrons. The van der Waals surface area contributed by atoms with E-state index in [0.717, 1.165) is 6.42 Å². The van der Waals surface area contributed by atoms with Gasteiger partial charge in [0.1, 0.15) is 0 Å². The van der Waals surface area contributed by atoms with Crippen LogP contribution in [-0.4, -0.2) is 12.6 Å². The molecule has 2 rings (SSSR count). The maximum Gasteiger partial charge on any atom is 0.302 e. The Labute approximate surface area is 103 Å². The molecule has 17 heavy (non-hydrogen) atoms. The third kappa shape index (κ3) is 3.32.